The van der Waals surface area contributed by atoms with E-state index in [-0.39, 0.29) is 41.1 Å². The first-order chi connectivity index (χ1) is 18.8. The van der Waals surface area contributed by atoms with Gasteiger partial charge in [0.1, 0.15) is 0 Å². The highest BCUT2D eigenvalue weighted by atomic mass is 32.2. The Kier molecular flexibility index (Phi) is 14.5. The molecular formula is C29H55N5O5S. The molecule has 2 fully saturated rings. The smallest absolute Gasteiger partial charge is 0.315 e. The Labute approximate surface area is 246 Å². The molecule has 2 aliphatic heterocycles. The number of amides is 4. The molecule has 0 aromatic rings. The number of urea groups is 1. The van der Waals surface area contributed by atoms with Gasteiger partial charge in [-0.05, 0) is 66.3 Å². The minimum absolute atomic E-state index is 0.0415. The number of carbonyl (C=O) groups is 3. The van der Waals surface area contributed by atoms with Crippen molar-refractivity contribution in [3.8, 4) is 0 Å². The highest BCUT2D eigenvalue weighted by Crippen LogP contribution is 2.33. The van der Waals surface area contributed by atoms with Crippen LogP contribution in [0.4, 0.5) is 4.79 Å². The standard InChI is InChI=1S/C29H55N5O5S/c1-21(2)18-34(7)19-25(36)30-14-12-28(3,4)38-16-13-29(5,6)39-17-15-31-24(35)11-9-8-10-23-26-22(20-40-23)32-27(37)33-26/h21-23,26H,8-20H2,1-7H3,(H,30,36)(H,31,35)(H2,32,33,37). The van der Waals surface area contributed by atoms with E-state index in [1.54, 1.807) is 0 Å². The van der Waals surface area contributed by atoms with Crippen LogP contribution in [0.2, 0.25) is 0 Å². The molecule has 2 saturated heterocycles. The predicted octanol–water partition coefficient (Wildman–Crippen LogP) is 2.90. The van der Waals surface area contributed by atoms with Crippen LogP contribution >= 0.6 is 11.8 Å². The number of hydrogen-bond acceptors (Lipinski definition) is 7. The summed E-state index contributed by atoms with van der Waals surface area (Å²) >= 11 is 1.91. The average molecular weight is 586 g/mol. The molecule has 4 N–H and O–H groups in total. The summed E-state index contributed by atoms with van der Waals surface area (Å²) in [5, 5.41) is 12.4. The first-order valence-electron chi connectivity index (χ1n) is 14.9. The molecule has 0 spiro atoms. The fraction of sp³-hybridized carbons (Fsp3) is 0.897. The fourth-order valence-electron chi connectivity index (χ4n) is 5.09. The highest BCUT2D eigenvalue weighted by molar-refractivity contribution is 8.00. The lowest BCUT2D eigenvalue weighted by molar-refractivity contribution is -0.123. The van der Waals surface area contributed by atoms with Gasteiger partial charge >= 0.3 is 6.03 Å². The number of rotatable bonds is 20. The van der Waals surface area contributed by atoms with Gasteiger partial charge in [0, 0.05) is 37.1 Å². The zero-order valence-electron chi connectivity index (χ0n) is 25.9. The summed E-state index contributed by atoms with van der Waals surface area (Å²) in [7, 11) is 1.97. The number of hydrogen-bond donors (Lipinski definition) is 4. The molecule has 0 bridgehead atoms. The zero-order valence-corrected chi connectivity index (χ0v) is 26.7. The molecule has 0 aliphatic carbocycles. The molecule has 0 aromatic carbocycles. The second kappa shape index (κ2) is 16.8. The van der Waals surface area contributed by atoms with Gasteiger partial charge in [0.25, 0.3) is 0 Å². The molecule has 2 heterocycles. The van der Waals surface area contributed by atoms with E-state index in [1.807, 2.05) is 51.4 Å². The van der Waals surface area contributed by atoms with Crippen molar-refractivity contribution in [1.82, 2.24) is 26.2 Å². The Hall–Kier alpha value is -1.56. The third kappa shape index (κ3) is 13.9. The number of carbonyl (C=O) groups excluding carboxylic acids is 3. The van der Waals surface area contributed by atoms with Crippen LogP contribution in [0, 0.1) is 5.92 Å². The molecule has 0 radical (unpaired) electrons. The van der Waals surface area contributed by atoms with Crippen molar-refractivity contribution in [3.63, 3.8) is 0 Å². The molecular weight excluding hydrogens is 530 g/mol. The van der Waals surface area contributed by atoms with Crippen molar-refractivity contribution in [2.45, 2.75) is 109 Å². The predicted molar refractivity (Wildman–Crippen MR) is 162 cm³/mol. The van der Waals surface area contributed by atoms with Gasteiger partial charge in [-0.25, -0.2) is 4.79 Å². The number of ether oxygens (including phenoxy) is 2. The molecule has 2 rings (SSSR count). The Morgan fingerprint density at radius 3 is 2.40 bits per heavy atom. The molecule has 3 atom stereocenters. The fourth-order valence-corrected chi connectivity index (χ4v) is 6.63. The van der Waals surface area contributed by atoms with E-state index >= 15 is 0 Å². The molecule has 2 aliphatic rings. The number of fused-ring (bicyclic) bond motifs is 1. The van der Waals surface area contributed by atoms with Crippen LogP contribution < -0.4 is 21.3 Å². The maximum absolute atomic E-state index is 12.2. The molecule has 232 valence electrons. The molecule has 4 amide bonds. The van der Waals surface area contributed by atoms with E-state index in [0.29, 0.717) is 50.4 Å². The summed E-state index contributed by atoms with van der Waals surface area (Å²) in [6.45, 7) is 15.8. The van der Waals surface area contributed by atoms with E-state index in [0.717, 1.165) is 44.4 Å². The molecule has 3 unspecified atom stereocenters. The topological polar surface area (TPSA) is 121 Å². The zero-order chi connectivity index (χ0) is 29.8. The van der Waals surface area contributed by atoms with Gasteiger partial charge in [0.15, 0.2) is 0 Å². The van der Waals surface area contributed by atoms with Gasteiger partial charge in [-0.1, -0.05) is 20.3 Å². The van der Waals surface area contributed by atoms with Crippen LogP contribution in [0.25, 0.3) is 0 Å². The normalized spacial score (nSPS) is 20.9. The van der Waals surface area contributed by atoms with Crippen molar-refractivity contribution in [2.24, 2.45) is 5.92 Å². The largest absolute Gasteiger partial charge is 0.375 e. The maximum Gasteiger partial charge on any atom is 0.315 e. The van der Waals surface area contributed by atoms with Crippen LogP contribution in [-0.2, 0) is 19.1 Å². The highest BCUT2D eigenvalue weighted by Gasteiger charge is 2.42. The van der Waals surface area contributed by atoms with Crippen molar-refractivity contribution >= 4 is 29.6 Å². The molecule has 40 heavy (non-hydrogen) atoms. The van der Waals surface area contributed by atoms with Crippen molar-refractivity contribution in [2.75, 3.05) is 52.2 Å². The lowest BCUT2D eigenvalue weighted by atomic mass is 10.0. The average Bonchev–Trinajstić information content (AvgIpc) is 3.37. The number of unbranched alkanes of at least 4 members (excludes halogenated alkanes) is 1. The molecule has 0 aromatic heterocycles. The van der Waals surface area contributed by atoms with Crippen LogP contribution in [0.5, 0.6) is 0 Å². The summed E-state index contributed by atoms with van der Waals surface area (Å²) in [6.07, 6.45) is 4.81. The summed E-state index contributed by atoms with van der Waals surface area (Å²) in [5.41, 5.74) is -0.710. The van der Waals surface area contributed by atoms with Crippen LogP contribution in [0.1, 0.15) is 80.1 Å². The molecule has 0 saturated carbocycles. The number of nitrogens with zero attached hydrogens (tertiary/aromatic N) is 1. The van der Waals surface area contributed by atoms with E-state index in [4.69, 9.17) is 9.47 Å². The Bertz CT molecular complexity index is 810. The van der Waals surface area contributed by atoms with E-state index in [9.17, 15) is 14.4 Å². The Morgan fingerprint density at radius 2 is 1.68 bits per heavy atom. The van der Waals surface area contributed by atoms with Gasteiger partial charge in [0.05, 0.1) is 43.0 Å². The first-order valence-corrected chi connectivity index (χ1v) is 16.0. The van der Waals surface area contributed by atoms with Crippen LogP contribution in [-0.4, -0.2) is 103 Å². The van der Waals surface area contributed by atoms with E-state index in [2.05, 4.69) is 35.1 Å². The lowest BCUT2D eigenvalue weighted by Gasteiger charge is -2.30. The molecule has 11 heteroatoms. The van der Waals surface area contributed by atoms with Crippen LogP contribution in [0.3, 0.4) is 0 Å². The summed E-state index contributed by atoms with van der Waals surface area (Å²) in [6, 6.07) is 0.418. The van der Waals surface area contributed by atoms with E-state index in [1.165, 1.54) is 0 Å². The van der Waals surface area contributed by atoms with Gasteiger partial charge in [-0.3, -0.25) is 14.5 Å². The second-order valence-corrected chi connectivity index (χ2v) is 14.1. The third-order valence-corrected chi connectivity index (χ3v) is 8.84. The Morgan fingerprint density at radius 1 is 1.00 bits per heavy atom. The van der Waals surface area contributed by atoms with Gasteiger partial charge < -0.3 is 30.7 Å². The summed E-state index contributed by atoms with van der Waals surface area (Å²) in [4.78, 5) is 37.9. The third-order valence-electron chi connectivity index (χ3n) is 7.33. The Balaban J connectivity index is 1.48. The number of thioether (sulfide) groups is 1. The van der Waals surface area contributed by atoms with Gasteiger partial charge in [-0.2, -0.15) is 11.8 Å². The monoisotopic (exact) mass is 585 g/mol. The number of likely N-dealkylation sites (N-methyl/N-ethyl adjacent to an activating group) is 1. The second-order valence-electron chi connectivity index (χ2n) is 12.9. The summed E-state index contributed by atoms with van der Waals surface area (Å²) in [5.74, 6) is 1.59. The van der Waals surface area contributed by atoms with Crippen molar-refractivity contribution in [3.05, 3.63) is 0 Å². The minimum atomic E-state index is -0.364. The maximum atomic E-state index is 12.2. The van der Waals surface area contributed by atoms with E-state index < -0.39 is 0 Å². The summed E-state index contributed by atoms with van der Waals surface area (Å²) < 4.78 is 12.1. The van der Waals surface area contributed by atoms with Crippen molar-refractivity contribution < 1.29 is 23.9 Å². The van der Waals surface area contributed by atoms with Gasteiger partial charge in [0.2, 0.25) is 11.8 Å². The van der Waals surface area contributed by atoms with Crippen LogP contribution in [0.15, 0.2) is 0 Å². The SMILES string of the molecule is CC(C)CN(C)CC(=O)NCCC(C)(C)OCCC(C)(C)OCCNC(=O)CCCCC1SCC2NC(=O)NC21. The molecule has 10 nitrogen and oxygen atoms in total. The number of nitrogens with one attached hydrogen (secondary N) is 4. The van der Waals surface area contributed by atoms with Crippen molar-refractivity contribution in [1.29, 1.82) is 0 Å². The quantitative estimate of drug-likeness (QED) is 0.128. The first kappa shape index (κ1) is 34.6. The minimum Gasteiger partial charge on any atom is -0.375 e. The van der Waals surface area contributed by atoms with Gasteiger partial charge in [-0.15, -0.1) is 0 Å². The lowest BCUT2D eigenvalue weighted by Crippen LogP contribution is -2.39.